The topological polar surface area (TPSA) is 55.9 Å². The van der Waals surface area contributed by atoms with Crippen LogP contribution in [0.5, 0.6) is 0 Å². The van der Waals surface area contributed by atoms with E-state index in [-0.39, 0.29) is 0 Å². The number of aromatic nitrogens is 2. The molecule has 1 saturated carbocycles. The Morgan fingerprint density at radius 3 is 2.89 bits per heavy atom. The Balaban J connectivity index is 1.97. The van der Waals surface area contributed by atoms with Crippen LogP contribution in [-0.2, 0) is 13.5 Å². The minimum Gasteiger partial charge on any atom is -0.273 e. The second-order valence-electron chi connectivity index (χ2n) is 6.60. The Morgan fingerprint density at radius 2 is 2.32 bits per heavy atom. The molecule has 1 aromatic heterocycles. The lowest BCUT2D eigenvalue weighted by Gasteiger charge is -2.43. The molecule has 1 aromatic rings. The van der Waals surface area contributed by atoms with Crippen LogP contribution in [0, 0.1) is 11.3 Å². The summed E-state index contributed by atoms with van der Waals surface area (Å²) in [4.78, 5) is 0. The van der Waals surface area contributed by atoms with Gasteiger partial charge in [0.25, 0.3) is 0 Å². The molecule has 0 amide bonds. The van der Waals surface area contributed by atoms with Crippen molar-refractivity contribution in [3.8, 4) is 0 Å². The van der Waals surface area contributed by atoms with Crippen molar-refractivity contribution in [2.75, 3.05) is 0 Å². The minimum atomic E-state index is 0.405. The van der Waals surface area contributed by atoms with E-state index in [1.807, 2.05) is 17.9 Å². The zero-order valence-electron chi connectivity index (χ0n) is 12.5. The standard InChI is InChI=1S/C15H28N4/c1-15(2)10-5-4-6-13(15)14(18-16)8-7-12-9-11-17-19(12)3/h9,11,13-14,18H,4-8,10,16H2,1-3H3. The lowest BCUT2D eigenvalue weighted by molar-refractivity contribution is 0.0946. The molecule has 0 aromatic carbocycles. The average molecular weight is 264 g/mol. The molecule has 19 heavy (non-hydrogen) atoms. The van der Waals surface area contributed by atoms with Gasteiger partial charge in [-0.1, -0.05) is 26.7 Å². The van der Waals surface area contributed by atoms with Crippen molar-refractivity contribution in [1.29, 1.82) is 0 Å². The van der Waals surface area contributed by atoms with Gasteiger partial charge in [0.15, 0.2) is 0 Å². The van der Waals surface area contributed by atoms with Gasteiger partial charge in [-0.3, -0.25) is 16.0 Å². The Kier molecular flexibility index (Phi) is 4.63. The summed E-state index contributed by atoms with van der Waals surface area (Å²) in [7, 11) is 2.00. The molecule has 0 saturated heterocycles. The summed E-state index contributed by atoms with van der Waals surface area (Å²) in [5, 5.41) is 4.23. The average Bonchev–Trinajstić information content (AvgIpc) is 2.77. The fourth-order valence-electron chi connectivity index (χ4n) is 3.62. The number of hydrazine groups is 1. The van der Waals surface area contributed by atoms with E-state index in [0.717, 1.165) is 12.8 Å². The van der Waals surface area contributed by atoms with Gasteiger partial charge in [0.05, 0.1) is 0 Å². The van der Waals surface area contributed by atoms with Crippen molar-refractivity contribution in [2.24, 2.45) is 24.2 Å². The van der Waals surface area contributed by atoms with E-state index >= 15 is 0 Å². The smallest absolute Gasteiger partial charge is 0.0492 e. The third-order valence-corrected chi connectivity index (χ3v) is 4.92. The second kappa shape index (κ2) is 6.06. The number of hydrogen-bond donors (Lipinski definition) is 2. The third-order valence-electron chi connectivity index (χ3n) is 4.92. The molecule has 2 unspecified atom stereocenters. The largest absolute Gasteiger partial charge is 0.273 e. The molecular weight excluding hydrogens is 236 g/mol. The maximum absolute atomic E-state index is 5.83. The number of aryl methyl sites for hydroxylation is 2. The maximum Gasteiger partial charge on any atom is 0.0492 e. The fourth-order valence-corrected chi connectivity index (χ4v) is 3.62. The van der Waals surface area contributed by atoms with Crippen LogP contribution in [0.4, 0.5) is 0 Å². The highest BCUT2D eigenvalue weighted by molar-refractivity contribution is 5.01. The first kappa shape index (κ1) is 14.5. The first-order valence-electron chi connectivity index (χ1n) is 7.47. The molecule has 1 aliphatic rings. The molecule has 0 spiro atoms. The Morgan fingerprint density at radius 1 is 1.53 bits per heavy atom. The highest BCUT2D eigenvalue weighted by Crippen LogP contribution is 2.42. The second-order valence-corrected chi connectivity index (χ2v) is 6.60. The summed E-state index contributed by atoms with van der Waals surface area (Å²) < 4.78 is 1.96. The van der Waals surface area contributed by atoms with Gasteiger partial charge in [-0.05, 0) is 43.1 Å². The van der Waals surface area contributed by atoms with Gasteiger partial charge in [-0.25, -0.2) is 0 Å². The molecule has 0 radical (unpaired) electrons. The molecule has 1 fully saturated rings. The molecule has 3 N–H and O–H groups in total. The zero-order valence-corrected chi connectivity index (χ0v) is 12.5. The van der Waals surface area contributed by atoms with Gasteiger partial charge < -0.3 is 0 Å². The molecule has 0 aliphatic heterocycles. The highest BCUT2D eigenvalue weighted by Gasteiger charge is 2.36. The van der Waals surface area contributed by atoms with Gasteiger partial charge in [0.1, 0.15) is 0 Å². The number of nitrogens with two attached hydrogens (primary N) is 1. The van der Waals surface area contributed by atoms with Crippen molar-refractivity contribution in [2.45, 2.75) is 58.4 Å². The fraction of sp³-hybridized carbons (Fsp3) is 0.800. The summed E-state index contributed by atoms with van der Waals surface area (Å²) in [5.41, 5.74) is 4.77. The van der Waals surface area contributed by atoms with E-state index in [1.54, 1.807) is 0 Å². The number of nitrogens with one attached hydrogen (secondary N) is 1. The number of nitrogens with zero attached hydrogens (tertiary/aromatic N) is 2. The van der Waals surface area contributed by atoms with E-state index in [4.69, 9.17) is 5.84 Å². The van der Waals surface area contributed by atoms with E-state index < -0.39 is 0 Å². The van der Waals surface area contributed by atoms with Gasteiger partial charge >= 0.3 is 0 Å². The van der Waals surface area contributed by atoms with Crippen LogP contribution >= 0.6 is 0 Å². The van der Waals surface area contributed by atoms with Crippen LogP contribution in [0.3, 0.4) is 0 Å². The summed E-state index contributed by atoms with van der Waals surface area (Å²) in [6.45, 7) is 4.79. The number of hydrogen-bond acceptors (Lipinski definition) is 3. The van der Waals surface area contributed by atoms with Crippen LogP contribution in [0.1, 0.15) is 51.6 Å². The molecule has 0 bridgehead atoms. The van der Waals surface area contributed by atoms with Crippen LogP contribution in [0.25, 0.3) is 0 Å². The predicted molar refractivity (Wildman–Crippen MR) is 78.4 cm³/mol. The summed E-state index contributed by atoms with van der Waals surface area (Å²) in [5.74, 6) is 6.51. The van der Waals surface area contributed by atoms with Crippen LogP contribution in [-0.4, -0.2) is 15.8 Å². The Bertz CT molecular complexity index is 397. The normalized spacial score (nSPS) is 24.3. The summed E-state index contributed by atoms with van der Waals surface area (Å²) >= 11 is 0. The highest BCUT2D eigenvalue weighted by atomic mass is 15.3. The quantitative estimate of drug-likeness (QED) is 0.634. The predicted octanol–water partition coefficient (Wildman–Crippen LogP) is 2.40. The number of rotatable bonds is 5. The van der Waals surface area contributed by atoms with Crippen LogP contribution < -0.4 is 11.3 Å². The summed E-state index contributed by atoms with van der Waals surface area (Å²) in [6, 6.07) is 2.50. The monoisotopic (exact) mass is 264 g/mol. The van der Waals surface area contributed by atoms with Crippen LogP contribution in [0.15, 0.2) is 12.3 Å². The zero-order chi connectivity index (χ0) is 13.9. The molecule has 108 valence electrons. The Labute approximate surface area is 116 Å². The molecule has 2 rings (SSSR count). The molecule has 1 aliphatic carbocycles. The molecule has 4 nitrogen and oxygen atoms in total. The minimum absolute atomic E-state index is 0.405. The van der Waals surface area contributed by atoms with Gasteiger partial charge in [0.2, 0.25) is 0 Å². The lowest BCUT2D eigenvalue weighted by Crippen LogP contribution is -2.47. The van der Waals surface area contributed by atoms with E-state index in [0.29, 0.717) is 17.4 Å². The van der Waals surface area contributed by atoms with Crippen molar-refractivity contribution < 1.29 is 0 Å². The molecule has 1 heterocycles. The van der Waals surface area contributed by atoms with E-state index in [2.05, 4.69) is 30.4 Å². The van der Waals surface area contributed by atoms with Crippen molar-refractivity contribution in [3.05, 3.63) is 18.0 Å². The molecule has 2 atom stereocenters. The van der Waals surface area contributed by atoms with Gasteiger partial charge in [0, 0.05) is 25.0 Å². The maximum atomic E-state index is 5.83. The first-order valence-corrected chi connectivity index (χ1v) is 7.47. The van der Waals surface area contributed by atoms with Gasteiger partial charge in [-0.15, -0.1) is 0 Å². The van der Waals surface area contributed by atoms with Crippen LogP contribution in [0.2, 0.25) is 0 Å². The van der Waals surface area contributed by atoms with Crippen molar-refractivity contribution in [3.63, 3.8) is 0 Å². The Hall–Kier alpha value is -0.870. The SMILES string of the molecule is Cn1nccc1CCC(NN)C1CCCCC1(C)C. The van der Waals surface area contributed by atoms with E-state index in [9.17, 15) is 0 Å². The third kappa shape index (κ3) is 3.37. The molecule has 4 heteroatoms. The summed E-state index contributed by atoms with van der Waals surface area (Å²) in [6.07, 6.45) is 9.32. The van der Waals surface area contributed by atoms with Crippen molar-refractivity contribution in [1.82, 2.24) is 15.2 Å². The molecular formula is C15H28N4. The van der Waals surface area contributed by atoms with Crippen molar-refractivity contribution >= 4 is 0 Å². The van der Waals surface area contributed by atoms with Gasteiger partial charge in [-0.2, -0.15) is 5.10 Å². The first-order chi connectivity index (χ1) is 9.04. The van der Waals surface area contributed by atoms with E-state index in [1.165, 1.54) is 31.4 Å². The lowest BCUT2D eigenvalue weighted by atomic mass is 9.65.